The molecule has 1 unspecified atom stereocenters. The first-order valence-electron chi connectivity index (χ1n) is 6.61. The van der Waals surface area contributed by atoms with Crippen LogP contribution in [0.5, 0.6) is 0 Å². The molecule has 6 nitrogen and oxygen atoms in total. The van der Waals surface area contributed by atoms with Gasteiger partial charge in [0.2, 0.25) is 5.91 Å². The molecule has 0 aromatic heterocycles. The Morgan fingerprint density at radius 3 is 2.44 bits per heavy atom. The maximum atomic E-state index is 11.6. The first kappa shape index (κ1) is 14.8. The topological polar surface area (TPSA) is 70.7 Å². The zero-order chi connectivity index (χ0) is 13.4. The van der Waals surface area contributed by atoms with Crippen molar-refractivity contribution >= 4 is 11.9 Å². The Bertz CT molecular complexity index is 258. The van der Waals surface area contributed by atoms with Crippen molar-refractivity contribution in [3.8, 4) is 0 Å². The van der Waals surface area contributed by atoms with Gasteiger partial charge in [-0.2, -0.15) is 0 Å². The van der Waals surface area contributed by atoms with Gasteiger partial charge in [-0.25, -0.2) is 4.79 Å². The number of rotatable bonds is 6. The maximum absolute atomic E-state index is 11.6. The van der Waals surface area contributed by atoms with E-state index in [9.17, 15) is 9.59 Å². The largest absolute Gasteiger partial charge is 0.368 e. The van der Waals surface area contributed by atoms with Crippen LogP contribution >= 0.6 is 0 Å². The summed E-state index contributed by atoms with van der Waals surface area (Å²) in [5.74, 6) is -0.0791. The van der Waals surface area contributed by atoms with E-state index in [4.69, 9.17) is 4.74 Å². The van der Waals surface area contributed by atoms with Crippen LogP contribution in [0, 0.1) is 0 Å². The first-order valence-corrected chi connectivity index (χ1v) is 6.61. The number of ether oxygens (including phenoxy) is 1. The number of nitrogens with zero attached hydrogens (tertiary/aromatic N) is 1. The lowest BCUT2D eigenvalue weighted by Crippen LogP contribution is -2.44. The highest BCUT2D eigenvalue weighted by atomic mass is 16.5. The number of nitrogens with one attached hydrogen (secondary N) is 2. The molecule has 0 bridgehead atoms. The molecule has 0 aromatic carbocycles. The predicted octanol–water partition coefficient (Wildman–Crippen LogP) is 0.333. The molecule has 3 amide bonds. The highest BCUT2D eigenvalue weighted by Gasteiger charge is 2.22. The van der Waals surface area contributed by atoms with E-state index in [1.165, 1.54) is 0 Å². The van der Waals surface area contributed by atoms with Gasteiger partial charge in [0.15, 0.2) is 0 Å². The zero-order valence-corrected chi connectivity index (χ0v) is 11.2. The summed E-state index contributed by atoms with van der Waals surface area (Å²) in [4.78, 5) is 24.9. The molecule has 1 atom stereocenters. The third-order valence-electron chi connectivity index (χ3n) is 2.97. The van der Waals surface area contributed by atoms with Crippen LogP contribution in [0.3, 0.4) is 0 Å². The number of carbonyl (C=O) groups is 2. The molecular weight excluding hydrogens is 234 g/mol. The Morgan fingerprint density at radius 2 is 1.89 bits per heavy atom. The van der Waals surface area contributed by atoms with Crippen molar-refractivity contribution in [3.63, 3.8) is 0 Å². The number of hydrogen-bond donors (Lipinski definition) is 2. The second-order valence-corrected chi connectivity index (χ2v) is 4.20. The fourth-order valence-electron chi connectivity index (χ4n) is 1.88. The third kappa shape index (κ3) is 4.52. The zero-order valence-electron chi connectivity index (χ0n) is 11.2. The van der Waals surface area contributed by atoms with Crippen LogP contribution in [0.1, 0.15) is 26.7 Å². The van der Waals surface area contributed by atoms with Crippen molar-refractivity contribution in [2.24, 2.45) is 0 Å². The van der Waals surface area contributed by atoms with Crippen molar-refractivity contribution in [2.75, 3.05) is 32.8 Å². The molecule has 0 saturated carbocycles. The van der Waals surface area contributed by atoms with E-state index < -0.39 is 0 Å². The molecule has 1 fully saturated rings. The van der Waals surface area contributed by atoms with Crippen LogP contribution in [0.15, 0.2) is 0 Å². The van der Waals surface area contributed by atoms with Gasteiger partial charge in [0.25, 0.3) is 0 Å². The summed E-state index contributed by atoms with van der Waals surface area (Å²) in [6.07, 6.45) is 1.43. The molecule has 1 aliphatic rings. The Labute approximate surface area is 108 Å². The summed E-state index contributed by atoms with van der Waals surface area (Å²) in [7, 11) is 0. The van der Waals surface area contributed by atoms with E-state index in [2.05, 4.69) is 10.6 Å². The van der Waals surface area contributed by atoms with Gasteiger partial charge in [-0.15, -0.1) is 0 Å². The molecular formula is C12H23N3O3. The second kappa shape index (κ2) is 7.92. The van der Waals surface area contributed by atoms with Crippen LogP contribution in [-0.2, 0) is 9.53 Å². The van der Waals surface area contributed by atoms with Gasteiger partial charge in [0.05, 0.1) is 0 Å². The molecule has 1 heterocycles. The van der Waals surface area contributed by atoms with Gasteiger partial charge in [0.1, 0.15) is 6.10 Å². The Balaban J connectivity index is 2.10. The summed E-state index contributed by atoms with van der Waals surface area (Å²) >= 11 is 0. The first-order chi connectivity index (χ1) is 8.69. The normalized spacial score (nSPS) is 18.4. The Hall–Kier alpha value is -1.30. The van der Waals surface area contributed by atoms with Gasteiger partial charge in [0, 0.05) is 32.8 Å². The van der Waals surface area contributed by atoms with E-state index >= 15 is 0 Å². The third-order valence-corrected chi connectivity index (χ3v) is 2.97. The van der Waals surface area contributed by atoms with Crippen molar-refractivity contribution < 1.29 is 14.3 Å². The Morgan fingerprint density at radius 1 is 1.22 bits per heavy atom. The minimum absolute atomic E-state index is 0.0791. The SMILES string of the molecule is CCN(CC)C(=O)NCCNC(=O)C1CCCO1. The van der Waals surface area contributed by atoms with Gasteiger partial charge >= 0.3 is 6.03 Å². The molecule has 1 saturated heterocycles. The van der Waals surface area contributed by atoms with Gasteiger partial charge in [-0.05, 0) is 26.7 Å². The van der Waals surface area contributed by atoms with Gasteiger partial charge < -0.3 is 20.3 Å². The van der Waals surface area contributed by atoms with E-state index in [1.54, 1.807) is 4.90 Å². The maximum Gasteiger partial charge on any atom is 0.317 e. The molecule has 18 heavy (non-hydrogen) atoms. The molecule has 0 aliphatic carbocycles. The summed E-state index contributed by atoms with van der Waals surface area (Å²) in [6, 6.07) is -0.0913. The lowest BCUT2D eigenvalue weighted by molar-refractivity contribution is -0.129. The van der Waals surface area contributed by atoms with Crippen LogP contribution in [0.2, 0.25) is 0 Å². The lowest BCUT2D eigenvalue weighted by Gasteiger charge is -2.19. The summed E-state index contributed by atoms with van der Waals surface area (Å²) in [5.41, 5.74) is 0. The molecule has 6 heteroatoms. The van der Waals surface area contributed by atoms with Crippen molar-refractivity contribution in [1.82, 2.24) is 15.5 Å². The second-order valence-electron chi connectivity index (χ2n) is 4.20. The fourth-order valence-corrected chi connectivity index (χ4v) is 1.88. The van der Waals surface area contributed by atoms with Gasteiger partial charge in [-0.1, -0.05) is 0 Å². The average molecular weight is 257 g/mol. The van der Waals surface area contributed by atoms with Crippen LogP contribution in [-0.4, -0.2) is 55.7 Å². The summed E-state index contributed by atoms with van der Waals surface area (Å²) < 4.78 is 5.26. The Kier molecular flexibility index (Phi) is 6.49. The minimum Gasteiger partial charge on any atom is -0.368 e. The molecule has 0 radical (unpaired) electrons. The molecule has 104 valence electrons. The monoisotopic (exact) mass is 257 g/mol. The van der Waals surface area contributed by atoms with Crippen molar-refractivity contribution in [2.45, 2.75) is 32.8 Å². The van der Waals surface area contributed by atoms with Crippen molar-refractivity contribution in [1.29, 1.82) is 0 Å². The summed E-state index contributed by atoms with van der Waals surface area (Å²) in [6.45, 7) is 6.77. The predicted molar refractivity (Wildman–Crippen MR) is 68.3 cm³/mol. The average Bonchev–Trinajstić information content (AvgIpc) is 2.89. The molecule has 2 N–H and O–H groups in total. The summed E-state index contributed by atoms with van der Waals surface area (Å²) in [5, 5.41) is 5.52. The van der Waals surface area contributed by atoms with E-state index in [-0.39, 0.29) is 18.0 Å². The highest BCUT2D eigenvalue weighted by Crippen LogP contribution is 2.11. The van der Waals surface area contributed by atoms with E-state index in [0.717, 1.165) is 12.8 Å². The fraction of sp³-hybridized carbons (Fsp3) is 0.833. The van der Waals surface area contributed by atoms with E-state index in [0.29, 0.717) is 32.8 Å². The molecule has 0 aromatic rings. The molecule has 0 spiro atoms. The quantitative estimate of drug-likeness (QED) is 0.674. The van der Waals surface area contributed by atoms with Crippen LogP contribution in [0.25, 0.3) is 0 Å². The number of urea groups is 1. The highest BCUT2D eigenvalue weighted by molar-refractivity contribution is 5.81. The molecule has 1 rings (SSSR count). The van der Waals surface area contributed by atoms with E-state index in [1.807, 2.05) is 13.8 Å². The minimum atomic E-state index is -0.302. The van der Waals surface area contributed by atoms with Crippen molar-refractivity contribution in [3.05, 3.63) is 0 Å². The van der Waals surface area contributed by atoms with Gasteiger partial charge in [-0.3, -0.25) is 4.79 Å². The van der Waals surface area contributed by atoms with Crippen LogP contribution < -0.4 is 10.6 Å². The smallest absolute Gasteiger partial charge is 0.317 e. The lowest BCUT2D eigenvalue weighted by atomic mass is 10.2. The van der Waals surface area contributed by atoms with Crippen LogP contribution in [0.4, 0.5) is 4.79 Å². The standard InChI is InChI=1S/C12H23N3O3/c1-3-15(4-2)12(17)14-8-7-13-11(16)10-6-5-9-18-10/h10H,3-9H2,1-2H3,(H,13,16)(H,14,17). The number of amides is 3. The number of carbonyl (C=O) groups excluding carboxylic acids is 2. The number of hydrogen-bond acceptors (Lipinski definition) is 3. The molecule has 1 aliphatic heterocycles.